The Morgan fingerprint density at radius 2 is 1.50 bits per heavy atom. The number of thiol groups is 1. The summed E-state index contributed by atoms with van der Waals surface area (Å²) < 4.78 is 14.8. The Labute approximate surface area is 207 Å². The van der Waals surface area contributed by atoms with Crippen LogP contribution < -0.4 is 0 Å². The third-order valence-electron chi connectivity index (χ3n) is 4.82. The Kier molecular flexibility index (Phi) is 18.2. The van der Waals surface area contributed by atoms with E-state index >= 15 is 0 Å². The highest BCUT2D eigenvalue weighted by atomic mass is 32.2. The van der Waals surface area contributed by atoms with E-state index in [9.17, 15) is 0 Å². The number of imidazole rings is 2. The lowest BCUT2D eigenvalue weighted by Gasteiger charge is -2.19. The topological polar surface area (TPSA) is 54.1 Å². The van der Waals surface area contributed by atoms with Gasteiger partial charge in [0.25, 0.3) is 0 Å². The van der Waals surface area contributed by atoms with Gasteiger partial charge in [-0.3, -0.25) is 0 Å². The lowest BCUT2D eigenvalue weighted by Crippen LogP contribution is -2.28. The van der Waals surface area contributed by atoms with E-state index in [2.05, 4.69) is 64.5 Å². The van der Waals surface area contributed by atoms with Crippen molar-refractivity contribution in [3.8, 4) is 0 Å². The first-order valence-corrected chi connectivity index (χ1v) is 18.9. The fourth-order valence-electron chi connectivity index (χ4n) is 2.05. The van der Waals surface area contributed by atoms with Gasteiger partial charge in [-0.2, -0.15) is 24.4 Å². The zero-order valence-electron chi connectivity index (χ0n) is 20.9. The van der Waals surface area contributed by atoms with Crippen molar-refractivity contribution >= 4 is 41.0 Å². The van der Waals surface area contributed by atoms with Gasteiger partial charge in [0.1, 0.15) is 0 Å². The summed E-state index contributed by atoms with van der Waals surface area (Å²) in [5, 5.41) is 0. The van der Waals surface area contributed by atoms with Crippen molar-refractivity contribution in [3.63, 3.8) is 0 Å². The standard InChI is InChI=1S/C11H22N2OSSi.C6H10N2S.C5H12OSi/c1-14-16(2,3)10-9-15-8-4-6-13-7-5-12-11-13;9-5-1-3-8-4-2-7-6-8;1-5-7(3,4)6-2/h5,7,11H,4,6,8-10H2,1-3H3;2,4,6,9H,1,3,5H2;5H,1H2,2-4H3. The van der Waals surface area contributed by atoms with Gasteiger partial charge in [-0.1, -0.05) is 5.70 Å². The summed E-state index contributed by atoms with van der Waals surface area (Å²) in [6.07, 6.45) is 13.6. The molecule has 0 saturated heterocycles. The lowest BCUT2D eigenvalue weighted by atomic mass is 10.5. The van der Waals surface area contributed by atoms with Crippen molar-refractivity contribution in [1.29, 1.82) is 0 Å². The van der Waals surface area contributed by atoms with Crippen LogP contribution in [0.1, 0.15) is 12.8 Å². The van der Waals surface area contributed by atoms with E-state index in [-0.39, 0.29) is 0 Å². The highest BCUT2D eigenvalue weighted by Gasteiger charge is 2.19. The summed E-state index contributed by atoms with van der Waals surface area (Å²) in [7, 11) is 0.859. The van der Waals surface area contributed by atoms with Gasteiger partial charge in [0.15, 0.2) is 8.32 Å². The van der Waals surface area contributed by atoms with E-state index in [1.165, 1.54) is 24.0 Å². The van der Waals surface area contributed by atoms with E-state index in [4.69, 9.17) is 8.85 Å². The Balaban J connectivity index is 0.000000506. The molecule has 0 atom stereocenters. The molecule has 0 aliphatic carbocycles. The molecule has 2 aromatic heterocycles. The first kappa shape index (κ1) is 31.2. The number of hydrogen-bond donors (Lipinski definition) is 1. The van der Waals surface area contributed by atoms with Crippen LogP contribution in [0.4, 0.5) is 0 Å². The van der Waals surface area contributed by atoms with Crippen LogP contribution in [0.25, 0.3) is 0 Å². The Morgan fingerprint density at radius 1 is 0.938 bits per heavy atom. The largest absolute Gasteiger partial charge is 0.420 e. The van der Waals surface area contributed by atoms with Crippen LogP contribution in [-0.2, 0) is 21.9 Å². The molecule has 184 valence electrons. The summed E-state index contributed by atoms with van der Waals surface area (Å²) in [5.74, 6) is 3.40. The van der Waals surface area contributed by atoms with Gasteiger partial charge in [0.2, 0.25) is 8.32 Å². The highest BCUT2D eigenvalue weighted by Crippen LogP contribution is 2.15. The summed E-state index contributed by atoms with van der Waals surface area (Å²) >= 11 is 6.14. The summed E-state index contributed by atoms with van der Waals surface area (Å²) in [4.78, 5) is 7.94. The maximum atomic E-state index is 5.52. The van der Waals surface area contributed by atoms with Gasteiger partial charge in [-0.25, -0.2) is 9.97 Å². The number of thioether (sulfide) groups is 1. The maximum absolute atomic E-state index is 5.52. The summed E-state index contributed by atoms with van der Waals surface area (Å²) in [6.45, 7) is 14.5. The fourth-order valence-corrected chi connectivity index (χ4v) is 5.64. The lowest BCUT2D eigenvalue weighted by molar-refractivity contribution is 0.405. The van der Waals surface area contributed by atoms with Gasteiger partial charge < -0.3 is 18.0 Å². The molecule has 0 N–H and O–H groups in total. The van der Waals surface area contributed by atoms with E-state index < -0.39 is 16.6 Å². The molecule has 2 rings (SSSR count). The molecule has 0 fully saturated rings. The van der Waals surface area contributed by atoms with Crippen LogP contribution in [-0.4, -0.2) is 67.2 Å². The molecular formula is C22H44N4O2S2Si2. The molecule has 0 aromatic carbocycles. The van der Waals surface area contributed by atoms with Crippen LogP contribution in [0.3, 0.4) is 0 Å². The van der Waals surface area contributed by atoms with Crippen molar-refractivity contribution in [3.05, 3.63) is 49.7 Å². The molecule has 0 saturated carbocycles. The van der Waals surface area contributed by atoms with Gasteiger partial charge in [-0.05, 0) is 62.3 Å². The second-order valence-electron chi connectivity index (χ2n) is 8.37. The minimum atomic E-state index is -1.39. The monoisotopic (exact) mass is 516 g/mol. The Morgan fingerprint density at radius 3 is 1.88 bits per heavy atom. The molecule has 0 spiro atoms. The first-order valence-electron chi connectivity index (χ1n) is 11.0. The summed E-state index contributed by atoms with van der Waals surface area (Å²) in [5.41, 5.74) is 1.91. The molecule has 0 radical (unpaired) electrons. The highest BCUT2D eigenvalue weighted by molar-refractivity contribution is 7.99. The average Bonchev–Trinajstić information content (AvgIpc) is 3.50. The number of aromatic nitrogens is 4. The molecule has 0 amide bonds. The van der Waals surface area contributed by atoms with Crippen LogP contribution in [0.5, 0.6) is 0 Å². The molecule has 0 unspecified atom stereocenters. The fraction of sp³-hybridized carbons (Fsp3) is 0.636. The van der Waals surface area contributed by atoms with Gasteiger partial charge in [-0.15, -0.1) is 6.58 Å². The van der Waals surface area contributed by atoms with Crippen molar-refractivity contribution in [2.45, 2.75) is 58.2 Å². The van der Waals surface area contributed by atoms with Crippen molar-refractivity contribution in [1.82, 2.24) is 19.1 Å². The number of aryl methyl sites for hydroxylation is 2. The molecule has 2 heterocycles. The average molecular weight is 517 g/mol. The maximum Gasteiger partial charge on any atom is 0.209 e. The second-order valence-corrected chi connectivity index (χ2v) is 18.5. The predicted molar refractivity (Wildman–Crippen MR) is 149 cm³/mol. The molecule has 2 aromatic rings. The molecule has 0 bridgehead atoms. The Hall–Kier alpha value is -0.786. The van der Waals surface area contributed by atoms with Crippen molar-refractivity contribution in [2.75, 3.05) is 31.5 Å². The molecule has 6 nitrogen and oxygen atoms in total. The molecule has 32 heavy (non-hydrogen) atoms. The Bertz CT molecular complexity index is 670. The minimum Gasteiger partial charge on any atom is -0.420 e. The molecule has 0 aliphatic heterocycles. The van der Waals surface area contributed by atoms with Crippen LogP contribution >= 0.6 is 24.4 Å². The quantitative estimate of drug-likeness (QED) is 0.213. The zero-order chi connectivity index (χ0) is 24.3. The van der Waals surface area contributed by atoms with Gasteiger partial charge >= 0.3 is 0 Å². The third kappa shape index (κ3) is 17.7. The van der Waals surface area contributed by atoms with Gasteiger partial charge in [0.05, 0.1) is 12.7 Å². The number of rotatable bonds is 13. The number of hydrogen-bond acceptors (Lipinski definition) is 6. The third-order valence-corrected chi connectivity index (χ3v) is 11.2. The first-order chi connectivity index (χ1) is 15.2. The predicted octanol–water partition coefficient (Wildman–Crippen LogP) is 5.62. The minimum absolute atomic E-state index is 0.943. The number of nitrogens with zero attached hydrogens (tertiary/aromatic N) is 4. The normalized spacial score (nSPS) is 11.2. The molecule has 0 aliphatic rings. The van der Waals surface area contributed by atoms with Crippen LogP contribution in [0.15, 0.2) is 49.7 Å². The van der Waals surface area contributed by atoms with Crippen molar-refractivity contribution in [2.24, 2.45) is 0 Å². The van der Waals surface area contributed by atoms with Crippen LogP contribution in [0.2, 0.25) is 32.2 Å². The van der Waals surface area contributed by atoms with E-state index in [0.717, 1.165) is 25.3 Å². The van der Waals surface area contributed by atoms with E-state index in [0.29, 0.717) is 0 Å². The SMILES string of the molecule is C=C[Si](C)(C)OC.CO[Si](C)(C)CCSCCCn1ccnc1.SCCCn1ccnc1. The van der Waals surface area contributed by atoms with E-state index in [1.807, 2.05) is 55.8 Å². The molecule has 10 heteroatoms. The van der Waals surface area contributed by atoms with E-state index in [1.54, 1.807) is 13.3 Å². The molecular weight excluding hydrogens is 473 g/mol. The second kappa shape index (κ2) is 18.6. The smallest absolute Gasteiger partial charge is 0.209 e. The van der Waals surface area contributed by atoms with Crippen molar-refractivity contribution < 1.29 is 8.85 Å². The summed E-state index contributed by atoms with van der Waals surface area (Å²) in [6, 6.07) is 1.25. The van der Waals surface area contributed by atoms with Crippen LogP contribution in [0, 0.1) is 0 Å². The van der Waals surface area contributed by atoms with Gasteiger partial charge in [0, 0.05) is 52.1 Å². The zero-order valence-corrected chi connectivity index (χ0v) is 24.6.